The highest BCUT2D eigenvalue weighted by atomic mass is 19.1. The molecule has 1 fully saturated rings. The van der Waals surface area contributed by atoms with Crippen molar-refractivity contribution in [2.24, 2.45) is 0 Å². The molecule has 1 amide bonds. The molecule has 2 aliphatic heterocycles. The molecule has 0 spiro atoms. The zero-order chi connectivity index (χ0) is 19.7. The zero-order valence-corrected chi connectivity index (χ0v) is 15.1. The molecule has 0 aromatic heterocycles. The number of nitriles is 1. The molecule has 1 saturated heterocycles. The van der Waals surface area contributed by atoms with Crippen LogP contribution in [0.4, 0.5) is 13.6 Å². The van der Waals surface area contributed by atoms with Crippen molar-refractivity contribution in [3.8, 4) is 6.07 Å². The number of fused-ring (bicyclic) bond motifs is 2. The number of carbonyl (C=O) groups excluding carboxylic acids is 1. The lowest BCUT2D eigenvalue weighted by Gasteiger charge is -2.33. The lowest BCUT2D eigenvalue weighted by atomic mass is 9.93. The van der Waals surface area contributed by atoms with E-state index in [0.29, 0.717) is 12.0 Å². The van der Waals surface area contributed by atoms with Crippen LogP contribution in [0.5, 0.6) is 0 Å². The molecule has 4 rings (SSSR count). The average Bonchev–Trinajstić information content (AvgIpc) is 2.98. The van der Waals surface area contributed by atoms with Gasteiger partial charge < -0.3 is 4.74 Å². The molecule has 0 aliphatic carbocycles. The Morgan fingerprint density at radius 1 is 1.18 bits per heavy atom. The maximum Gasteiger partial charge on any atom is 0.410 e. The molecule has 28 heavy (non-hydrogen) atoms. The molecule has 2 unspecified atom stereocenters. The van der Waals surface area contributed by atoms with Crippen molar-refractivity contribution in [2.45, 2.75) is 38.0 Å². The van der Waals surface area contributed by atoms with Crippen molar-refractivity contribution in [3.05, 3.63) is 76.9 Å². The van der Waals surface area contributed by atoms with Crippen LogP contribution in [0.3, 0.4) is 0 Å². The second-order valence-corrected chi connectivity index (χ2v) is 7.07. The van der Waals surface area contributed by atoms with Crippen molar-refractivity contribution in [1.82, 2.24) is 4.90 Å². The Bertz CT molecular complexity index is 982. The Morgan fingerprint density at radius 3 is 2.68 bits per heavy atom. The first-order chi connectivity index (χ1) is 13.6. The van der Waals surface area contributed by atoms with Gasteiger partial charge in [0.05, 0.1) is 11.6 Å². The number of carbonyl (C=O) groups is 1. The highest BCUT2D eigenvalue weighted by Gasteiger charge is 2.41. The number of hydrogen-bond donors (Lipinski definition) is 0. The van der Waals surface area contributed by atoms with E-state index in [9.17, 15) is 13.6 Å². The summed E-state index contributed by atoms with van der Waals surface area (Å²) in [5, 5.41) is 8.84. The van der Waals surface area contributed by atoms with E-state index in [4.69, 9.17) is 10.00 Å². The summed E-state index contributed by atoms with van der Waals surface area (Å²) in [6.07, 6.45) is 3.40. The fraction of sp³-hybridized carbons (Fsp3) is 0.273. The summed E-state index contributed by atoms with van der Waals surface area (Å²) < 4.78 is 33.8. The second-order valence-electron chi connectivity index (χ2n) is 7.07. The van der Waals surface area contributed by atoms with Crippen molar-refractivity contribution in [3.63, 3.8) is 0 Å². The fourth-order valence-corrected chi connectivity index (χ4v) is 3.99. The van der Waals surface area contributed by atoms with Gasteiger partial charge in [0.15, 0.2) is 0 Å². The predicted molar refractivity (Wildman–Crippen MR) is 98.9 cm³/mol. The number of nitrogens with zero attached hydrogens (tertiary/aromatic N) is 2. The summed E-state index contributed by atoms with van der Waals surface area (Å²) in [6.45, 7) is 0.196. The van der Waals surface area contributed by atoms with E-state index in [0.717, 1.165) is 30.5 Å². The minimum atomic E-state index is -0.739. The van der Waals surface area contributed by atoms with Gasteiger partial charge in [0.1, 0.15) is 24.3 Å². The van der Waals surface area contributed by atoms with Gasteiger partial charge in [-0.25, -0.2) is 13.6 Å². The van der Waals surface area contributed by atoms with Gasteiger partial charge in [-0.2, -0.15) is 5.26 Å². The summed E-state index contributed by atoms with van der Waals surface area (Å²) in [5.41, 5.74) is 1.42. The summed E-state index contributed by atoms with van der Waals surface area (Å²) >= 11 is 0. The molecular formula is C22H18F2N2O2. The van der Waals surface area contributed by atoms with E-state index in [1.54, 1.807) is 11.0 Å². The van der Waals surface area contributed by atoms with Gasteiger partial charge in [-0.1, -0.05) is 36.4 Å². The van der Waals surface area contributed by atoms with Crippen LogP contribution >= 0.6 is 0 Å². The molecule has 0 N–H and O–H groups in total. The average molecular weight is 380 g/mol. The largest absolute Gasteiger partial charge is 0.445 e. The molecule has 2 aromatic carbocycles. The highest BCUT2D eigenvalue weighted by molar-refractivity contribution is 5.75. The maximum atomic E-state index is 14.4. The van der Waals surface area contributed by atoms with Gasteiger partial charge in [0, 0.05) is 11.6 Å². The van der Waals surface area contributed by atoms with E-state index < -0.39 is 17.7 Å². The van der Waals surface area contributed by atoms with Gasteiger partial charge in [-0.05, 0) is 42.5 Å². The molecule has 2 atom stereocenters. The van der Waals surface area contributed by atoms with Crippen LogP contribution in [0.1, 0.15) is 36.0 Å². The lowest BCUT2D eigenvalue weighted by Crippen LogP contribution is -2.43. The van der Waals surface area contributed by atoms with Crippen LogP contribution in [0, 0.1) is 23.0 Å². The maximum absolute atomic E-state index is 14.4. The Morgan fingerprint density at radius 2 is 1.96 bits per heavy atom. The van der Waals surface area contributed by atoms with Crippen molar-refractivity contribution < 1.29 is 18.3 Å². The van der Waals surface area contributed by atoms with Gasteiger partial charge in [-0.3, -0.25) is 4.90 Å². The molecule has 4 nitrogen and oxygen atoms in total. The first-order valence-corrected chi connectivity index (χ1v) is 9.16. The van der Waals surface area contributed by atoms with E-state index >= 15 is 0 Å². The minimum absolute atomic E-state index is 0.105. The third-order valence-electron chi connectivity index (χ3n) is 5.33. The highest BCUT2D eigenvalue weighted by Crippen LogP contribution is 2.40. The number of rotatable bonds is 3. The predicted octanol–water partition coefficient (Wildman–Crippen LogP) is 4.79. The molecule has 2 bridgehead atoms. The fourth-order valence-electron chi connectivity index (χ4n) is 3.99. The first-order valence-electron chi connectivity index (χ1n) is 9.16. The lowest BCUT2D eigenvalue weighted by molar-refractivity contribution is 0.0832. The summed E-state index contributed by atoms with van der Waals surface area (Å²) in [5.74, 6) is -1.36. The van der Waals surface area contributed by atoms with Gasteiger partial charge in [0.2, 0.25) is 0 Å². The molecule has 2 aromatic rings. The normalized spacial score (nSPS) is 20.5. The summed E-state index contributed by atoms with van der Waals surface area (Å²) in [4.78, 5) is 14.3. The number of hydrogen-bond acceptors (Lipinski definition) is 3. The number of benzene rings is 2. The minimum Gasteiger partial charge on any atom is -0.445 e. The number of halogens is 2. The third-order valence-corrected chi connectivity index (χ3v) is 5.33. The SMILES string of the molecule is N#Cc1cc(F)c(C2=CC3CCC(C2)N3C(=O)OCc2ccccc2)cc1F. The molecule has 0 saturated carbocycles. The molecule has 142 valence electrons. The molecule has 6 heteroatoms. The van der Waals surface area contributed by atoms with Crippen LogP contribution in [0.25, 0.3) is 5.57 Å². The van der Waals surface area contributed by atoms with Crippen LogP contribution < -0.4 is 0 Å². The van der Waals surface area contributed by atoms with E-state index in [-0.39, 0.29) is 29.8 Å². The third kappa shape index (κ3) is 3.36. The number of amides is 1. The topological polar surface area (TPSA) is 53.3 Å². The summed E-state index contributed by atoms with van der Waals surface area (Å²) in [7, 11) is 0. The van der Waals surface area contributed by atoms with Crippen molar-refractivity contribution in [1.29, 1.82) is 5.26 Å². The molecular weight excluding hydrogens is 362 g/mol. The first kappa shape index (κ1) is 18.2. The monoisotopic (exact) mass is 380 g/mol. The van der Waals surface area contributed by atoms with Gasteiger partial charge >= 0.3 is 6.09 Å². The van der Waals surface area contributed by atoms with Gasteiger partial charge in [-0.15, -0.1) is 0 Å². The van der Waals surface area contributed by atoms with Crippen LogP contribution in [0.15, 0.2) is 48.5 Å². The van der Waals surface area contributed by atoms with Crippen LogP contribution in [-0.2, 0) is 11.3 Å². The van der Waals surface area contributed by atoms with Crippen molar-refractivity contribution >= 4 is 11.7 Å². The van der Waals surface area contributed by atoms with Crippen molar-refractivity contribution in [2.75, 3.05) is 0 Å². The van der Waals surface area contributed by atoms with E-state index in [1.807, 2.05) is 36.4 Å². The van der Waals surface area contributed by atoms with Gasteiger partial charge in [0.25, 0.3) is 0 Å². The zero-order valence-electron chi connectivity index (χ0n) is 15.1. The molecule has 2 aliphatic rings. The Balaban J connectivity index is 1.52. The number of ether oxygens (including phenoxy) is 1. The quantitative estimate of drug-likeness (QED) is 0.769. The Kier molecular flexibility index (Phi) is 4.82. The van der Waals surface area contributed by atoms with E-state index in [2.05, 4.69) is 0 Å². The van der Waals surface area contributed by atoms with E-state index in [1.165, 1.54) is 0 Å². The second kappa shape index (κ2) is 7.43. The summed E-state index contributed by atoms with van der Waals surface area (Å²) in [6, 6.07) is 12.8. The standard InChI is InChI=1S/C22H18F2N2O2/c23-20-11-19(21(24)10-16(20)12-25)15-8-17-6-7-18(9-15)26(17)22(27)28-13-14-4-2-1-3-5-14/h1-5,8,10-11,17-18H,6-7,9,13H2. The molecule has 0 radical (unpaired) electrons. The Hall–Kier alpha value is -3.20. The van der Waals surface area contributed by atoms with Crippen LogP contribution in [0.2, 0.25) is 0 Å². The van der Waals surface area contributed by atoms with Crippen LogP contribution in [-0.4, -0.2) is 23.1 Å². The molecule has 2 heterocycles. The smallest absolute Gasteiger partial charge is 0.410 e. The Labute approximate surface area is 161 Å².